The average molecular weight is 354 g/mol. The number of nitrogens with zero attached hydrogens (tertiary/aromatic N) is 1. The smallest absolute Gasteiger partial charge is 0.410 e. The number of carbonyl (C=O) groups excluding carboxylic acids is 1. The summed E-state index contributed by atoms with van der Waals surface area (Å²) in [6.07, 6.45) is 10.6. The lowest BCUT2D eigenvalue weighted by atomic mass is 9.73. The standard InChI is InChI=1S/C21H39NO3/c1-5-10-16-12-13-19(23)17(15-16)18-11-8-6-7-9-14-22(18)20(24)25-21(2,3)4/h16-19,23H,5-15H2,1-4H3. The summed E-state index contributed by atoms with van der Waals surface area (Å²) < 4.78 is 5.71. The van der Waals surface area contributed by atoms with Crippen molar-refractivity contribution >= 4 is 6.09 Å². The molecule has 1 saturated carbocycles. The molecule has 4 atom stereocenters. The summed E-state index contributed by atoms with van der Waals surface area (Å²) in [6, 6.07) is 0.129. The Labute approximate surface area is 154 Å². The Hall–Kier alpha value is -0.770. The van der Waals surface area contributed by atoms with E-state index < -0.39 is 5.60 Å². The van der Waals surface area contributed by atoms with Gasteiger partial charge in [0.15, 0.2) is 0 Å². The minimum Gasteiger partial charge on any atom is -0.444 e. The van der Waals surface area contributed by atoms with Gasteiger partial charge in [0.05, 0.1) is 6.10 Å². The molecule has 0 spiro atoms. The maximum atomic E-state index is 12.9. The van der Waals surface area contributed by atoms with Gasteiger partial charge < -0.3 is 14.7 Å². The van der Waals surface area contributed by atoms with Crippen molar-refractivity contribution in [2.24, 2.45) is 11.8 Å². The fraction of sp³-hybridized carbons (Fsp3) is 0.952. The fourth-order valence-corrected chi connectivity index (χ4v) is 4.67. The van der Waals surface area contributed by atoms with E-state index in [1.165, 1.54) is 25.7 Å². The third-order valence-corrected chi connectivity index (χ3v) is 5.84. The molecule has 2 fully saturated rings. The van der Waals surface area contributed by atoms with Crippen molar-refractivity contribution in [1.82, 2.24) is 4.90 Å². The minimum atomic E-state index is -0.472. The third-order valence-electron chi connectivity index (χ3n) is 5.84. The van der Waals surface area contributed by atoms with Gasteiger partial charge in [-0.1, -0.05) is 39.0 Å². The number of likely N-dealkylation sites (tertiary alicyclic amines) is 1. The van der Waals surface area contributed by atoms with Gasteiger partial charge in [-0.25, -0.2) is 4.79 Å². The molecule has 0 aromatic rings. The Balaban J connectivity index is 2.16. The number of amides is 1. The van der Waals surface area contributed by atoms with Gasteiger partial charge in [0.2, 0.25) is 0 Å². The Morgan fingerprint density at radius 2 is 1.84 bits per heavy atom. The molecule has 1 amide bonds. The van der Waals surface area contributed by atoms with Crippen LogP contribution in [0.3, 0.4) is 0 Å². The van der Waals surface area contributed by atoms with Crippen LogP contribution in [0.5, 0.6) is 0 Å². The predicted octanol–water partition coefficient (Wildman–Crippen LogP) is 5.13. The number of ether oxygens (including phenoxy) is 1. The zero-order valence-electron chi connectivity index (χ0n) is 16.8. The molecule has 1 aliphatic heterocycles. The van der Waals surface area contributed by atoms with Crippen molar-refractivity contribution in [3.8, 4) is 0 Å². The molecule has 4 unspecified atom stereocenters. The molecule has 1 heterocycles. The highest BCUT2D eigenvalue weighted by Crippen LogP contribution is 2.38. The van der Waals surface area contributed by atoms with E-state index in [9.17, 15) is 9.90 Å². The number of rotatable bonds is 3. The van der Waals surface area contributed by atoms with E-state index >= 15 is 0 Å². The summed E-state index contributed by atoms with van der Waals surface area (Å²) in [4.78, 5) is 14.8. The van der Waals surface area contributed by atoms with Crippen LogP contribution in [0.1, 0.15) is 91.9 Å². The highest BCUT2D eigenvalue weighted by Gasteiger charge is 2.40. The summed E-state index contributed by atoms with van der Waals surface area (Å²) in [6.45, 7) is 8.79. The first kappa shape index (κ1) is 20.5. The second-order valence-electron chi connectivity index (χ2n) is 9.14. The maximum Gasteiger partial charge on any atom is 0.410 e. The van der Waals surface area contributed by atoms with Crippen LogP contribution in [0.25, 0.3) is 0 Å². The van der Waals surface area contributed by atoms with Crippen LogP contribution in [-0.2, 0) is 4.74 Å². The number of hydrogen-bond donors (Lipinski definition) is 1. The van der Waals surface area contributed by atoms with Gasteiger partial charge in [-0.3, -0.25) is 0 Å². The number of aliphatic hydroxyl groups excluding tert-OH is 1. The van der Waals surface area contributed by atoms with Crippen LogP contribution >= 0.6 is 0 Å². The molecule has 146 valence electrons. The molecular weight excluding hydrogens is 314 g/mol. The Morgan fingerprint density at radius 3 is 2.52 bits per heavy atom. The van der Waals surface area contributed by atoms with E-state index in [0.29, 0.717) is 5.92 Å². The second kappa shape index (κ2) is 9.25. The van der Waals surface area contributed by atoms with Gasteiger partial charge in [-0.2, -0.15) is 0 Å². The SMILES string of the molecule is CCCC1CCC(O)C(C2CCCCCCN2C(=O)OC(C)(C)C)C1. The summed E-state index contributed by atoms with van der Waals surface area (Å²) in [5.74, 6) is 0.903. The number of hydrogen-bond acceptors (Lipinski definition) is 3. The van der Waals surface area contributed by atoms with E-state index in [1.54, 1.807) is 0 Å². The molecule has 2 aliphatic rings. The summed E-state index contributed by atoms with van der Waals surface area (Å²) in [5.41, 5.74) is -0.472. The first-order chi connectivity index (χ1) is 11.8. The zero-order valence-corrected chi connectivity index (χ0v) is 16.8. The molecule has 1 saturated heterocycles. The highest BCUT2D eigenvalue weighted by molar-refractivity contribution is 5.68. The Morgan fingerprint density at radius 1 is 1.12 bits per heavy atom. The second-order valence-corrected chi connectivity index (χ2v) is 9.14. The largest absolute Gasteiger partial charge is 0.444 e. The maximum absolute atomic E-state index is 12.9. The average Bonchev–Trinajstić information content (AvgIpc) is 2.48. The van der Waals surface area contributed by atoms with E-state index in [-0.39, 0.29) is 24.2 Å². The van der Waals surface area contributed by atoms with Crippen LogP contribution in [-0.4, -0.2) is 40.4 Å². The molecule has 4 nitrogen and oxygen atoms in total. The molecule has 4 heteroatoms. The molecule has 1 N–H and O–H groups in total. The lowest BCUT2D eigenvalue weighted by Gasteiger charge is -2.44. The van der Waals surface area contributed by atoms with Crippen LogP contribution in [0.2, 0.25) is 0 Å². The minimum absolute atomic E-state index is 0.129. The zero-order chi connectivity index (χ0) is 18.4. The van der Waals surface area contributed by atoms with Gasteiger partial charge in [0.1, 0.15) is 5.60 Å². The lowest BCUT2D eigenvalue weighted by molar-refractivity contribution is -0.0304. The predicted molar refractivity (Wildman–Crippen MR) is 102 cm³/mol. The normalized spacial score (nSPS) is 32.0. The summed E-state index contributed by atoms with van der Waals surface area (Å²) in [5, 5.41) is 10.7. The van der Waals surface area contributed by atoms with Crippen LogP contribution in [0.15, 0.2) is 0 Å². The fourth-order valence-electron chi connectivity index (χ4n) is 4.67. The van der Waals surface area contributed by atoms with E-state index in [0.717, 1.165) is 45.1 Å². The summed E-state index contributed by atoms with van der Waals surface area (Å²) >= 11 is 0. The number of aliphatic hydroxyl groups is 1. The highest BCUT2D eigenvalue weighted by atomic mass is 16.6. The first-order valence-electron chi connectivity index (χ1n) is 10.5. The monoisotopic (exact) mass is 353 g/mol. The lowest BCUT2D eigenvalue weighted by Crippen LogP contribution is -2.51. The van der Waals surface area contributed by atoms with Gasteiger partial charge >= 0.3 is 6.09 Å². The van der Waals surface area contributed by atoms with Crippen LogP contribution in [0, 0.1) is 11.8 Å². The molecule has 0 bridgehead atoms. The first-order valence-corrected chi connectivity index (χ1v) is 10.5. The van der Waals surface area contributed by atoms with E-state index in [1.807, 2.05) is 25.7 Å². The van der Waals surface area contributed by atoms with Crippen LogP contribution < -0.4 is 0 Å². The van der Waals surface area contributed by atoms with Gasteiger partial charge in [0.25, 0.3) is 0 Å². The molecule has 0 radical (unpaired) electrons. The van der Waals surface area contributed by atoms with Crippen molar-refractivity contribution in [1.29, 1.82) is 0 Å². The summed E-state index contributed by atoms with van der Waals surface area (Å²) in [7, 11) is 0. The van der Waals surface area contributed by atoms with E-state index in [2.05, 4.69) is 6.92 Å². The van der Waals surface area contributed by atoms with Gasteiger partial charge in [0, 0.05) is 18.5 Å². The van der Waals surface area contributed by atoms with Crippen LogP contribution in [0.4, 0.5) is 4.79 Å². The van der Waals surface area contributed by atoms with Crippen molar-refractivity contribution in [3.05, 3.63) is 0 Å². The van der Waals surface area contributed by atoms with Gasteiger partial charge in [-0.15, -0.1) is 0 Å². The Kier molecular flexibility index (Phi) is 7.60. The molecule has 1 aliphatic carbocycles. The van der Waals surface area contributed by atoms with E-state index in [4.69, 9.17) is 4.74 Å². The van der Waals surface area contributed by atoms with Crippen molar-refractivity contribution in [2.45, 2.75) is 110 Å². The van der Waals surface area contributed by atoms with Crippen molar-refractivity contribution < 1.29 is 14.6 Å². The third kappa shape index (κ3) is 6.16. The molecule has 0 aromatic heterocycles. The quantitative estimate of drug-likeness (QED) is 0.765. The molecule has 25 heavy (non-hydrogen) atoms. The molecular formula is C21H39NO3. The topological polar surface area (TPSA) is 49.8 Å². The molecule has 2 rings (SSSR count). The van der Waals surface area contributed by atoms with Gasteiger partial charge in [-0.05, 0) is 58.8 Å². The van der Waals surface area contributed by atoms with Crippen molar-refractivity contribution in [3.63, 3.8) is 0 Å². The van der Waals surface area contributed by atoms with Crippen molar-refractivity contribution in [2.75, 3.05) is 6.54 Å². The Bertz CT molecular complexity index is 418. The molecule has 0 aromatic carbocycles. The number of carbonyl (C=O) groups is 1.